The van der Waals surface area contributed by atoms with Gasteiger partial charge in [0, 0.05) is 10.6 Å². The topological polar surface area (TPSA) is 9.23 Å². The van der Waals surface area contributed by atoms with Gasteiger partial charge in [-0.3, -0.25) is 0 Å². The summed E-state index contributed by atoms with van der Waals surface area (Å²) in [6.07, 6.45) is 2.47. The molecule has 0 atom stereocenters. The summed E-state index contributed by atoms with van der Waals surface area (Å²) in [6, 6.07) is 0. The lowest BCUT2D eigenvalue weighted by molar-refractivity contribution is 0.239. The average Bonchev–Trinajstić information content (AvgIpc) is 2.03. The van der Waals surface area contributed by atoms with Crippen molar-refractivity contribution < 1.29 is 4.74 Å². The van der Waals surface area contributed by atoms with Crippen molar-refractivity contribution in [3.05, 3.63) is 35.6 Å². The third-order valence-electron chi connectivity index (χ3n) is 1.46. The molecule has 0 bridgehead atoms. The molecule has 0 saturated carbocycles. The van der Waals surface area contributed by atoms with Crippen LogP contribution in [-0.4, -0.2) is 6.61 Å². The first-order valence-corrected chi connectivity index (χ1v) is 4.38. The van der Waals surface area contributed by atoms with E-state index < -0.39 is 0 Å². The molecule has 0 aromatic heterocycles. The van der Waals surface area contributed by atoms with E-state index in [0.29, 0.717) is 11.6 Å². The third-order valence-corrected chi connectivity index (χ3v) is 1.69. The zero-order chi connectivity index (χ0) is 9.56. The molecule has 0 aliphatic heterocycles. The molecule has 12 heavy (non-hydrogen) atoms. The first-order chi connectivity index (χ1) is 5.67. The van der Waals surface area contributed by atoms with Gasteiger partial charge in [-0.05, 0) is 19.4 Å². The molecular weight excluding hydrogens is 172 g/mol. The zero-order valence-electron chi connectivity index (χ0n) is 7.69. The number of halogens is 1. The summed E-state index contributed by atoms with van der Waals surface area (Å²) in [6.45, 7) is 11.9. The molecule has 2 heteroatoms. The van der Waals surface area contributed by atoms with Crippen molar-refractivity contribution in [1.29, 1.82) is 0 Å². The van der Waals surface area contributed by atoms with E-state index in [1.54, 1.807) is 6.08 Å². The van der Waals surface area contributed by atoms with E-state index in [1.165, 1.54) is 0 Å². The fraction of sp³-hybridized carbons (Fsp3) is 0.400. The first-order valence-electron chi connectivity index (χ1n) is 4.00. The molecule has 0 aromatic rings. The minimum atomic E-state index is 0.529. The molecule has 1 nitrogen and oxygen atoms in total. The van der Waals surface area contributed by atoms with E-state index >= 15 is 0 Å². The summed E-state index contributed by atoms with van der Waals surface area (Å²) in [4.78, 5) is 0. The van der Waals surface area contributed by atoms with Crippen molar-refractivity contribution in [2.45, 2.75) is 20.3 Å². The molecule has 0 spiro atoms. The van der Waals surface area contributed by atoms with Crippen LogP contribution in [-0.2, 0) is 4.74 Å². The standard InChI is InChI=1S/C10H15ClO/c1-5-9(8(4)11)10(6-2)12-7-3/h6H,2,4-5,7H2,1,3H3/b10-9+. The van der Waals surface area contributed by atoms with Gasteiger partial charge >= 0.3 is 0 Å². The molecule has 0 aliphatic rings. The van der Waals surface area contributed by atoms with Crippen LogP contribution in [0.4, 0.5) is 0 Å². The van der Waals surface area contributed by atoms with Crippen molar-refractivity contribution in [3.8, 4) is 0 Å². The van der Waals surface area contributed by atoms with Crippen LogP contribution in [0.15, 0.2) is 35.6 Å². The maximum absolute atomic E-state index is 5.77. The Morgan fingerprint density at radius 2 is 2.08 bits per heavy atom. The highest BCUT2D eigenvalue weighted by Gasteiger charge is 2.04. The lowest BCUT2D eigenvalue weighted by Crippen LogP contribution is -1.94. The van der Waals surface area contributed by atoms with E-state index in [9.17, 15) is 0 Å². The molecule has 0 N–H and O–H groups in total. The van der Waals surface area contributed by atoms with Crippen LogP contribution < -0.4 is 0 Å². The Morgan fingerprint density at radius 3 is 2.33 bits per heavy atom. The average molecular weight is 187 g/mol. The maximum Gasteiger partial charge on any atom is 0.123 e. The Labute approximate surface area is 79.4 Å². The van der Waals surface area contributed by atoms with E-state index in [0.717, 1.165) is 17.8 Å². The molecule has 68 valence electrons. The molecule has 0 amide bonds. The van der Waals surface area contributed by atoms with Crippen LogP contribution in [0.3, 0.4) is 0 Å². The maximum atomic E-state index is 5.77. The summed E-state index contributed by atoms with van der Waals surface area (Å²) in [5.41, 5.74) is 0.925. The van der Waals surface area contributed by atoms with Gasteiger partial charge in [-0.25, -0.2) is 0 Å². The highest BCUT2D eigenvalue weighted by Crippen LogP contribution is 2.21. The van der Waals surface area contributed by atoms with Crippen LogP contribution in [0.2, 0.25) is 0 Å². The fourth-order valence-electron chi connectivity index (χ4n) is 0.924. The number of allylic oxidation sites excluding steroid dienone is 3. The van der Waals surface area contributed by atoms with Gasteiger partial charge in [0.1, 0.15) is 5.76 Å². The normalized spacial score (nSPS) is 11.9. The second-order valence-electron chi connectivity index (χ2n) is 2.24. The van der Waals surface area contributed by atoms with Crippen LogP contribution in [0.1, 0.15) is 20.3 Å². The molecule has 0 aromatic carbocycles. The summed E-state index contributed by atoms with van der Waals surface area (Å²) < 4.78 is 5.32. The van der Waals surface area contributed by atoms with Gasteiger partial charge in [0.15, 0.2) is 0 Å². The monoisotopic (exact) mass is 186 g/mol. The molecule has 0 unspecified atom stereocenters. The van der Waals surface area contributed by atoms with Crippen molar-refractivity contribution in [3.63, 3.8) is 0 Å². The Hall–Kier alpha value is -0.690. The Balaban J connectivity index is 4.73. The Bertz CT molecular complexity index is 204. The SMILES string of the molecule is C=C/C(OCC)=C(/CC)C(=C)Cl. The Kier molecular flexibility index (Phi) is 5.56. The molecule has 0 saturated heterocycles. The van der Waals surface area contributed by atoms with Gasteiger partial charge in [-0.2, -0.15) is 0 Å². The minimum absolute atomic E-state index is 0.529. The predicted molar refractivity (Wildman–Crippen MR) is 54.1 cm³/mol. The summed E-state index contributed by atoms with van der Waals surface area (Å²) >= 11 is 5.77. The van der Waals surface area contributed by atoms with Gasteiger partial charge in [0.25, 0.3) is 0 Å². The first kappa shape index (κ1) is 11.3. The molecule has 0 radical (unpaired) electrons. The molecule has 0 fully saturated rings. The predicted octanol–water partition coefficient (Wildman–Crippen LogP) is 3.63. The van der Waals surface area contributed by atoms with Gasteiger partial charge < -0.3 is 4.74 Å². The Morgan fingerprint density at radius 1 is 1.50 bits per heavy atom. The highest BCUT2D eigenvalue weighted by molar-refractivity contribution is 6.31. The van der Waals surface area contributed by atoms with Crippen molar-refractivity contribution in [2.24, 2.45) is 0 Å². The van der Waals surface area contributed by atoms with E-state index in [4.69, 9.17) is 16.3 Å². The number of rotatable bonds is 5. The molecule has 0 rings (SSSR count). The minimum Gasteiger partial charge on any atom is -0.494 e. The second kappa shape index (κ2) is 5.90. The van der Waals surface area contributed by atoms with Crippen LogP contribution in [0.5, 0.6) is 0 Å². The van der Waals surface area contributed by atoms with Crippen molar-refractivity contribution >= 4 is 11.6 Å². The van der Waals surface area contributed by atoms with Crippen LogP contribution >= 0.6 is 11.6 Å². The van der Waals surface area contributed by atoms with E-state index in [2.05, 4.69) is 13.2 Å². The summed E-state index contributed by atoms with van der Waals surface area (Å²) in [5.74, 6) is 0.736. The highest BCUT2D eigenvalue weighted by atomic mass is 35.5. The molecule has 0 heterocycles. The largest absolute Gasteiger partial charge is 0.494 e. The second-order valence-corrected chi connectivity index (χ2v) is 2.69. The van der Waals surface area contributed by atoms with E-state index in [-0.39, 0.29) is 0 Å². The van der Waals surface area contributed by atoms with Gasteiger partial charge in [-0.1, -0.05) is 31.7 Å². The lowest BCUT2D eigenvalue weighted by atomic mass is 10.1. The van der Waals surface area contributed by atoms with Gasteiger partial charge in [-0.15, -0.1) is 0 Å². The third kappa shape index (κ3) is 3.14. The van der Waals surface area contributed by atoms with E-state index in [1.807, 2.05) is 13.8 Å². The van der Waals surface area contributed by atoms with Gasteiger partial charge in [0.2, 0.25) is 0 Å². The fourth-order valence-corrected chi connectivity index (χ4v) is 1.15. The van der Waals surface area contributed by atoms with Crippen LogP contribution in [0.25, 0.3) is 0 Å². The molecular formula is C10H15ClO. The summed E-state index contributed by atoms with van der Waals surface area (Å²) in [5, 5.41) is 0.529. The quantitative estimate of drug-likeness (QED) is 0.471. The number of hydrogen-bond donors (Lipinski definition) is 0. The molecule has 0 aliphatic carbocycles. The zero-order valence-corrected chi connectivity index (χ0v) is 8.45. The van der Waals surface area contributed by atoms with Crippen LogP contribution in [0, 0.1) is 0 Å². The van der Waals surface area contributed by atoms with Crippen molar-refractivity contribution in [2.75, 3.05) is 6.61 Å². The smallest absolute Gasteiger partial charge is 0.123 e. The summed E-state index contributed by atoms with van der Waals surface area (Å²) in [7, 11) is 0. The van der Waals surface area contributed by atoms with Crippen molar-refractivity contribution in [1.82, 2.24) is 0 Å². The van der Waals surface area contributed by atoms with Gasteiger partial charge in [0.05, 0.1) is 6.61 Å². The number of hydrogen-bond acceptors (Lipinski definition) is 1. The lowest BCUT2D eigenvalue weighted by Gasteiger charge is -2.09. The number of ether oxygens (including phenoxy) is 1.